The average molecular weight is 458 g/mol. The Morgan fingerprint density at radius 1 is 0.909 bits per heavy atom. The Bertz CT molecular complexity index is 1550. The number of carbonyl (C=O) groups is 1. The van der Waals surface area contributed by atoms with Crippen molar-refractivity contribution in [2.45, 2.75) is 11.4 Å². The average Bonchev–Trinajstić information content (AvgIpc) is 2.84. The van der Waals surface area contributed by atoms with Crippen LogP contribution in [0.5, 0.6) is 5.75 Å². The van der Waals surface area contributed by atoms with E-state index >= 15 is 0 Å². The summed E-state index contributed by atoms with van der Waals surface area (Å²) in [5.41, 5.74) is 0.824. The van der Waals surface area contributed by atoms with Crippen molar-refractivity contribution >= 4 is 32.5 Å². The maximum atomic E-state index is 13.7. The standard InChI is InChI=1S/C25H18N2O5S/c28-20-13-12-17(18-10-6-14-26-22(18)20)15-27-23(24(29)16-7-2-1-3-8-16)25(30)19-9-4-5-11-21(19)33(27,31)32/h1-14,28-29H,15H2/b24-23+. The van der Waals surface area contributed by atoms with E-state index in [9.17, 15) is 23.4 Å². The number of hydrogen-bond donors (Lipinski definition) is 2. The van der Waals surface area contributed by atoms with Crippen LogP contribution in [-0.2, 0) is 16.6 Å². The van der Waals surface area contributed by atoms with E-state index in [0.29, 0.717) is 22.0 Å². The van der Waals surface area contributed by atoms with Crippen molar-refractivity contribution in [1.29, 1.82) is 0 Å². The first kappa shape index (κ1) is 20.7. The molecule has 2 N–H and O–H groups in total. The first-order valence-corrected chi connectivity index (χ1v) is 11.5. The van der Waals surface area contributed by atoms with Crippen molar-refractivity contribution in [2.75, 3.05) is 0 Å². The number of ketones is 1. The third-order valence-corrected chi connectivity index (χ3v) is 7.39. The van der Waals surface area contributed by atoms with Gasteiger partial charge >= 0.3 is 0 Å². The summed E-state index contributed by atoms with van der Waals surface area (Å²) in [6.45, 7) is -0.239. The Hall–Kier alpha value is -4.17. The van der Waals surface area contributed by atoms with Gasteiger partial charge in [0.15, 0.2) is 5.76 Å². The number of Topliss-reactive ketones (excluding diaryl/α,β-unsaturated/α-hetero) is 1. The molecule has 33 heavy (non-hydrogen) atoms. The van der Waals surface area contributed by atoms with Gasteiger partial charge in [0.05, 0.1) is 11.4 Å². The molecule has 0 spiro atoms. The normalized spacial score (nSPS) is 16.5. The molecule has 0 amide bonds. The summed E-state index contributed by atoms with van der Waals surface area (Å²) in [6.07, 6.45) is 1.52. The van der Waals surface area contributed by atoms with E-state index in [-0.39, 0.29) is 28.5 Å². The molecule has 164 valence electrons. The lowest BCUT2D eigenvalue weighted by Crippen LogP contribution is -2.39. The number of aromatic hydroxyl groups is 1. The number of hydrogen-bond acceptors (Lipinski definition) is 6. The third-order valence-electron chi connectivity index (χ3n) is 5.59. The van der Waals surface area contributed by atoms with Crippen molar-refractivity contribution in [3.8, 4) is 5.75 Å². The van der Waals surface area contributed by atoms with Gasteiger partial charge in [0.2, 0.25) is 5.78 Å². The number of carbonyl (C=O) groups excluding carboxylic acids is 1. The fourth-order valence-electron chi connectivity index (χ4n) is 3.99. The molecule has 5 rings (SSSR count). The molecular formula is C25H18N2O5S. The number of aliphatic hydroxyl groups excluding tert-OH is 1. The first-order valence-electron chi connectivity index (χ1n) is 10.1. The van der Waals surface area contributed by atoms with E-state index in [1.807, 2.05) is 0 Å². The van der Waals surface area contributed by atoms with Crippen LogP contribution in [0.25, 0.3) is 16.7 Å². The van der Waals surface area contributed by atoms with Crippen LogP contribution in [0.4, 0.5) is 0 Å². The molecule has 0 radical (unpaired) electrons. The lowest BCUT2D eigenvalue weighted by atomic mass is 10.0. The van der Waals surface area contributed by atoms with E-state index in [1.165, 1.54) is 24.4 Å². The minimum atomic E-state index is -4.18. The van der Waals surface area contributed by atoms with Crippen LogP contribution in [0, 0.1) is 0 Å². The number of rotatable bonds is 3. The molecule has 1 aliphatic heterocycles. The van der Waals surface area contributed by atoms with E-state index in [1.54, 1.807) is 60.7 Å². The Morgan fingerprint density at radius 2 is 1.64 bits per heavy atom. The lowest BCUT2D eigenvalue weighted by Gasteiger charge is -2.32. The predicted octanol–water partition coefficient (Wildman–Crippen LogP) is 4.25. The lowest BCUT2D eigenvalue weighted by molar-refractivity contribution is 0.0997. The van der Waals surface area contributed by atoms with Crippen LogP contribution in [0.15, 0.2) is 95.7 Å². The van der Waals surface area contributed by atoms with Crippen molar-refractivity contribution in [2.24, 2.45) is 0 Å². The van der Waals surface area contributed by atoms with Gasteiger partial charge in [0.25, 0.3) is 10.0 Å². The molecule has 0 aliphatic carbocycles. The zero-order chi connectivity index (χ0) is 23.2. The number of allylic oxidation sites excluding steroid dienone is 1. The van der Waals surface area contributed by atoms with Crippen molar-refractivity contribution < 1.29 is 23.4 Å². The van der Waals surface area contributed by atoms with Crippen LogP contribution in [0.1, 0.15) is 21.5 Å². The maximum Gasteiger partial charge on any atom is 0.265 e. The number of fused-ring (bicyclic) bond motifs is 2. The second-order valence-corrected chi connectivity index (χ2v) is 9.37. The summed E-state index contributed by atoms with van der Waals surface area (Å²) < 4.78 is 28.3. The fourth-order valence-corrected chi connectivity index (χ4v) is 5.64. The van der Waals surface area contributed by atoms with E-state index in [0.717, 1.165) is 4.31 Å². The Balaban J connectivity index is 1.77. The summed E-state index contributed by atoms with van der Waals surface area (Å²) in [5, 5.41) is 21.8. The third kappa shape index (κ3) is 3.32. The Morgan fingerprint density at radius 3 is 2.42 bits per heavy atom. The highest BCUT2D eigenvalue weighted by Gasteiger charge is 2.41. The molecule has 2 heterocycles. The molecular weight excluding hydrogens is 440 g/mol. The summed E-state index contributed by atoms with van der Waals surface area (Å²) in [4.78, 5) is 17.5. The van der Waals surface area contributed by atoms with Gasteiger partial charge in [0, 0.05) is 22.7 Å². The van der Waals surface area contributed by atoms with Crippen molar-refractivity contribution in [3.05, 3.63) is 107 Å². The fraction of sp³-hybridized carbons (Fsp3) is 0.0400. The van der Waals surface area contributed by atoms with E-state index < -0.39 is 21.6 Å². The minimum Gasteiger partial charge on any atom is -0.506 e. The number of benzene rings is 3. The van der Waals surface area contributed by atoms with Gasteiger partial charge in [-0.05, 0) is 29.8 Å². The quantitative estimate of drug-likeness (QED) is 0.351. The van der Waals surface area contributed by atoms with Gasteiger partial charge in [0.1, 0.15) is 17.0 Å². The molecule has 0 saturated heterocycles. The highest BCUT2D eigenvalue weighted by Crippen LogP contribution is 2.37. The number of pyridine rings is 1. The van der Waals surface area contributed by atoms with Crippen molar-refractivity contribution in [1.82, 2.24) is 9.29 Å². The Kier molecular flexibility index (Phi) is 4.87. The molecule has 1 aromatic heterocycles. The molecule has 8 heteroatoms. The zero-order valence-electron chi connectivity index (χ0n) is 17.2. The van der Waals surface area contributed by atoms with Crippen LogP contribution in [-0.4, -0.2) is 33.7 Å². The molecule has 0 atom stereocenters. The van der Waals surface area contributed by atoms with Crippen LogP contribution < -0.4 is 0 Å². The van der Waals surface area contributed by atoms with Gasteiger partial charge < -0.3 is 10.2 Å². The van der Waals surface area contributed by atoms with E-state index in [4.69, 9.17) is 0 Å². The van der Waals surface area contributed by atoms with Crippen molar-refractivity contribution in [3.63, 3.8) is 0 Å². The summed E-state index contributed by atoms with van der Waals surface area (Å²) >= 11 is 0. The monoisotopic (exact) mass is 458 g/mol. The smallest absolute Gasteiger partial charge is 0.265 e. The first-order chi connectivity index (χ1) is 15.9. The van der Waals surface area contributed by atoms with Gasteiger partial charge in [-0.1, -0.05) is 54.6 Å². The Labute approximate surface area is 189 Å². The van der Waals surface area contributed by atoms with Crippen LogP contribution in [0.2, 0.25) is 0 Å². The second kappa shape index (κ2) is 7.75. The number of nitrogens with zero attached hydrogens (tertiary/aromatic N) is 2. The molecule has 0 bridgehead atoms. The van der Waals surface area contributed by atoms with Gasteiger partial charge in [-0.15, -0.1) is 0 Å². The predicted molar refractivity (Wildman–Crippen MR) is 123 cm³/mol. The molecule has 7 nitrogen and oxygen atoms in total. The van der Waals surface area contributed by atoms with Crippen LogP contribution >= 0.6 is 0 Å². The number of aliphatic hydroxyl groups is 1. The summed E-state index contributed by atoms with van der Waals surface area (Å²) in [6, 6.07) is 20.7. The van der Waals surface area contributed by atoms with Gasteiger partial charge in [-0.3, -0.25) is 14.1 Å². The SMILES string of the molecule is O=C1/C(=C(\O)c2ccccc2)N(Cc2ccc(O)c3ncccc23)S(=O)(=O)c2ccccc21. The van der Waals surface area contributed by atoms with Gasteiger partial charge in [-0.2, -0.15) is 0 Å². The number of phenolic OH excluding ortho intramolecular Hbond substituents is 1. The highest BCUT2D eigenvalue weighted by atomic mass is 32.2. The largest absolute Gasteiger partial charge is 0.506 e. The number of phenols is 1. The second-order valence-electron chi connectivity index (χ2n) is 7.54. The molecule has 0 unspecified atom stereocenters. The molecule has 3 aromatic carbocycles. The summed E-state index contributed by atoms with van der Waals surface area (Å²) in [7, 11) is -4.18. The van der Waals surface area contributed by atoms with Crippen LogP contribution in [0.3, 0.4) is 0 Å². The van der Waals surface area contributed by atoms with E-state index in [2.05, 4.69) is 4.98 Å². The maximum absolute atomic E-state index is 13.7. The van der Waals surface area contributed by atoms with Gasteiger partial charge in [-0.25, -0.2) is 8.42 Å². The number of sulfonamides is 1. The molecule has 4 aromatic rings. The molecule has 0 fully saturated rings. The minimum absolute atomic E-state index is 0.00321. The topological polar surface area (TPSA) is 108 Å². The molecule has 0 saturated carbocycles. The highest BCUT2D eigenvalue weighted by molar-refractivity contribution is 7.89. The summed E-state index contributed by atoms with van der Waals surface area (Å²) in [5.74, 6) is -1.07. The zero-order valence-corrected chi connectivity index (χ0v) is 18.0. The molecule has 1 aliphatic rings. The number of aromatic nitrogens is 1.